The molecule has 1 amide bonds. The van der Waals surface area contributed by atoms with Crippen LogP contribution in [-0.4, -0.2) is 15.9 Å². The van der Waals surface area contributed by atoms with Crippen molar-refractivity contribution in [2.45, 2.75) is 6.92 Å². The summed E-state index contributed by atoms with van der Waals surface area (Å²) in [5, 5.41) is 22.8. The van der Waals surface area contributed by atoms with E-state index in [4.69, 9.17) is 5.73 Å². The van der Waals surface area contributed by atoms with Crippen molar-refractivity contribution in [2.75, 3.05) is 11.1 Å². The number of hydrogen-bond donors (Lipinski definition) is 3. The van der Waals surface area contributed by atoms with Gasteiger partial charge in [-0.15, -0.1) is 0 Å². The van der Waals surface area contributed by atoms with Crippen molar-refractivity contribution in [2.24, 2.45) is 0 Å². The van der Waals surface area contributed by atoms with Gasteiger partial charge in [0.25, 0.3) is 11.6 Å². The molecular weight excluding hydrogens is 274 g/mol. The minimum atomic E-state index is -0.635. The van der Waals surface area contributed by atoms with Crippen molar-refractivity contribution in [1.29, 1.82) is 0 Å². The molecule has 0 heterocycles. The fourth-order valence-corrected chi connectivity index (χ4v) is 1.80. The number of non-ortho nitro benzene ring substituents is 1. The van der Waals surface area contributed by atoms with Gasteiger partial charge in [-0.3, -0.25) is 14.9 Å². The Labute approximate surface area is 120 Å². The Morgan fingerprint density at radius 2 is 2.00 bits per heavy atom. The normalized spacial score (nSPS) is 10.1. The minimum Gasteiger partial charge on any atom is -0.506 e. The maximum absolute atomic E-state index is 12.1. The summed E-state index contributed by atoms with van der Waals surface area (Å²) in [5.41, 5.74) is 6.98. The number of carbonyl (C=O) groups excluding carboxylic acids is 1. The number of nitrogens with two attached hydrogens (primary N) is 1. The number of nitro groups is 1. The molecule has 0 saturated heterocycles. The fourth-order valence-electron chi connectivity index (χ4n) is 1.80. The molecule has 108 valence electrons. The molecule has 2 aromatic rings. The first-order chi connectivity index (χ1) is 9.88. The number of phenolic OH excluding ortho intramolecular Hbond substituents is 1. The summed E-state index contributed by atoms with van der Waals surface area (Å²) in [4.78, 5) is 22.1. The van der Waals surface area contributed by atoms with E-state index in [2.05, 4.69) is 5.32 Å². The summed E-state index contributed by atoms with van der Waals surface area (Å²) < 4.78 is 0. The van der Waals surface area contributed by atoms with Crippen LogP contribution in [0.5, 0.6) is 5.75 Å². The highest BCUT2D eigenvalue weighted by atomic mass is 16.6. The molecule has 21 heavy (non-hydrogen) atoms. The molecule has 0 aliphatic carbocycles. The molecule has 0 bridgehead atoms. The van der Waals surface area contributed by atoms with E-state index in [9.17, 15) is 20.0 Å². The molecule has 4 N–H and O–H groups in total. The second kappa shape index (κ2) is 5.49. The maximum Gasteiger partial charge on any atom is 0.273 e. The van der Waals surface area contributed by atoms with Gasteiger partial charge in [0, 0.05) is 11.8 Å². The molecule has 0 atom stereocenters. The van der Waals surface area contributed by atoms with Crippen molar-refractivity contribution >= 4 is 23.0 Å². The number of carbonyl (C=O) groups is 1. The molecule has 7 nitrogen and oxygen atoms in total. The molecular formula is C14H13N3O4. The third-order valence-corrected chi connectivity index (χ3v) is 2.89. The van der Waals surface area contributed by atoms with Crippen LogP contribution in [0.3, 0.4) is 0 Å². The van der Waals surface area contributed by atoms with Gasteiger partial charge in [0.2, 0.25) is 0 Å². The quantitative estimate of drug-likeness (QED) is 0.347. The highest BCUT2D eigenvalue weighted by Gasteiger charge is 2.14. The summed E-state index contributed by atoms with van der Waals surface area (Å²) in [6, 6.07) is 8.42. The standard InChI is InChI=1S/C14H13N3O4/c1-8-2-4-11(15)10(6-8)14(19)16-12-5-3-9(17(20)21)7-13(12)18/h2-7,18H,15H2,1H3,(H,16,19). The van der Waals surface area contributed by atoms with Gasteiger partial charge in [-0.05, 0) is 25.1 Å². The van der Waals surface area contributed by atoms with Crippen molar-refractivity contribution in [3.63, 3.8) is 0 Å². The van der Waals surface area contributed by atoms with E-state index in [1.165, 1.54) is 12.1 Å². The Balaban J connectivity index is 2.27. The molecule has 2 aromatic carbocycles. The summed E-state index contributed by atoms with van der Waals surface area (Å²) >= 11 is 0. The predicted molar refractivity (Wildman–Crippen MR) is 78.3 cm³/mol. The van der Waals surface area contributed by atoms with E-state index >= 15 is 0 Å². The molecule has 0 radical (unpaired) electrons. The van der Waals surface area contributed by atoms with Crippen LogP contribution in [-0.2, 0) is 0 Å². The Morgan fingerprint density at radius 3 is 2.62 bits per heavy atom. The van der Waals surface area contributed by atoms with E-state index in [1.54, 1.807) is 18.2 Å². The molecule has 0 fully saturated rings. The number of benzene rings is 2. The number of hydrogen-bond acceptors (Lipinski definition) is 5. The second-order valence-electron chi connectivity index (χ2n) is 4.50. The van der Waals surface area contributed by atoms with Crippen LogP contribution in [0, 0.1) is 17.0 Å². The third-order valence-electron chi connectivity index (χ3n) is 2.89. The largest absolute Gasteiger partial charge is 0.506 e. The first kappa shape index (κ1) is 14.3. The molecule has 0 spiro atoms. The van der Waals surface area contributed by atoms with E-state index < -0.39 is 10.8 Å². The average molecular weight is 287 g/mol. The van der Waals surface area contributed by atoms with E-state index in [0.717, 1.165) is 11.6 Å². The van der Waals surface area contributed by atoms with Crippen LogP contribution in [0.15, 0.2) is 36.4 Å². The lowest BCUT2D eigenvalue weighted by molar-refractivity contribution is -0.384. The van der Waals surface area contributed by atoms with E-state index in [0.29, 0.717) is 5.69 Å². The fraction of sp³-hybridized carbons (Fsp3) is 0.0714. The summed E-state index contributed by atoms with van der Waals surface area (Å²) in [6.07, 6.45) is 0. The Hall–Kier alpha value is -3.09. The van der Waals surface area contributed by atoms with Crippen LogP contribution < -0.4 is 11.1 Å². The van der Waals surface area contributed by atoms with Crippen LogP contribution in [0.1, 0.15) is 15.9 Å². The van der Waals surface area contributed by atoms with Gasteiger partial charge in [-0.1, -0.05) is 11.6 Å². The van der Waals surface area contributed by atoms with Crippen LogP contribution in [0.4, 0.5) is 17.1 Å². The number of rotatable bonds is 3. The number of nitrogen functional groups attached to an aromatic ring is 1. The lowest BCUT2D eigenvalue weighted by atomic mass is 10.1. The van der Waals surface area contributed by atoms with Crippen molar-refractivity contribution < 1.29 is 14.8 Å². The van der Waals surface area contributed by atoms with Crippen molar-refractivity contribution in [3.8, 4) is 5.75 Å². The average Bonchev–Trinajstić information content (AvgIpc) is 2.43. The minimum absolute atomic E-state index is 0.0755. The van der Waals surface area contributed by atoms with Gasteiger partial charge in [0.1, 0.15) is 5.75 Å². The first-order valence-electron chi connectivity index (χ1n) is 6.03. The van der Waals surface area contributed by atoms with Crippen LogP contribution in [0.25, 0.3) is 0 Å². The van der Waals surface area contributed by atoms with Gasteiger partial charge in [-0.2, -0.15) is 0 Å². The molecule has 2 rings (SSSR count). The highest BCUT2D eigenvalue weighted by molar-refractivity contribution is 6.08. The monoisotopic (exact) mass is 287 g/mol. The van der Waals surface area contributed by atoms with Gasteiger partial charge in [0.05, 0.1) is 22.2 Å². The number of aromatic hydroxyl groups is 1. The van der Waals surface area contributed by atoms with Gasteiger partial charge in [-0.25, -0.2) is 0 Å². The summed E-state index contributed by atoms with van der Waals surface area (Å²) in [7, 11) is 0. The zero-order chi connectivity index (χ0) is 15.6. The van der Waals surface area contributed by atoms with E-state index in [1.807, 2.05) is 6.92 Å². The smallest absolute Gasteiger partial charge is 0.273 e. The van der Waals surface area contributed by atoms with Gasteiger partial charge in [0.15, 0.2) is 0 Å². The zero-order valence-corrected chi connectivity index (χ0v) is 11.2. The molecule has 0 aliphatic rings. The van der Waals surface area contributed by atoms with E-state index in [-0.39, 0.29) is 22.7 Å². The molecule has 0 saturated carbocycles. The highest BCUT2D eigenvalue weighted by Crippen LogP contribution is 2.28. The number of phenols is 1. The lowest BCUT2D eigenvalue weighted by Crippen LogP contribution is -2.14. The number of nitrogens with one attached hydrogen (secondary N) is 1. The topological polar surface area (TPSA) is 118 Å². The predicted octanol–water partition coefficient (Wildman–Crippen LogP) is 2.44. The molecule has 0 aromatic heterocycles. The first-order valence-corrected chi connectivity index (χ1v) is 6.03. The van der Waals surface area contributed by atoms with Gasteiger partial charge < -0.3 is 16.2 Å². The number of nitro benzene ring substituents is 1. The van der Waals surface area contributed by atoms with Crippen molar-refractivity contribution in [1.82, 2.24) is 0 Å². The third kappa shape index (κ3) is 3.08. The maximum atomic E-state index is 12.1. The van der Waals surface area contributed by atoms with Crippen LogP contribution >= 0.6 is 0 Å². The Morgan fingerprint density at radius 1 is 1.29 bits per heavy atom. The second-order valence-corrected chi connectivity index (χ2v) is 4.50. The molecule has 0 unspecified atom stereocenters. The number of aryl methyl sites for hydroxylation is 1. The molecule has 7 heteroatoms. The lowest BCUT2D eigenvalue weighted by Gasteiger charge is -2.09. The zero-order valence-electron chi connectivity index (χ0n) is 11.2. The van der Waals surface area contributed by atoms with Gasteiger partial charge >= 0.3 is 0 Å². The number of nitrogens with zero attached hydrogens (tertiary/aromatic N) is 1. The Kier molecular flexibility index (Phi) is 3.75. The SMILES string of the molecule is Cc1ccc(N)c(C(=O)Nc2ccc([N+](=O)[O-])cc2O)c1. The van der Waals surface area contributed by atoms with Crippen LogP contribution in [0.2, 0.25) is 0 Å². The number of amides is 1. The molecule has 0 aliphatic heterocycles. The Bertz CT molecular complexity index is 728. The summed E-state index contributed by atoms with van der Waals surface area (Å²) in [6.45, 7) is 1.82. The number of anilines is 2. The van der Waals surface area contributed by atoms with Crippen molar-refractivity contribution in [3.05, 3.63) is 57.6 Å². The summed E-state index contributed by atoms with van der Waals surface area (Å²) in [5.74, 6) is -0.885.